The molecule has 0 heterocycles. The smallest absolute Gasteiger partial charge is 0.325 e. The number of aryl methyl sites for hydroxylation is 1. The normalized spacial score (nSPS) is 24.9. The topological polar surface area (TPSA) is 49.3 Å². The molecule has 0 amide bonds. The highest BCUT2D eigenvalue weighted by Gasteiger charge is 2.28. The van der Waals surface area contributed by atoms with Crippen molar-refractivity contribution in [1.29, 1.82) is 0 Å². The first kappa shape index (κ1) is 14.1. The molecule has 0 radical (unpaired) electrons. The quantitative estimate of drug-likeness (QED) is 0.874. The molecule has 0 aliphatic heterocycles. The van der Waals surface area contributed by atoms with Crippen LogP contribution in [0.3, 0.4) is 0 Å². The van der Waals surface area contributed by atoms with E-state index in [1.165, 1.54) is 19.3 Å². The van der Waals surface area contributed by atoms with Crippen molar-refractivity contribution in [2.75, 3.05) is 0 Å². The van der Waals surface area contributed by atoms with Crippen molar-refractivity contribution >= 4 is 5.97 Å². The average molecular weight is 261 g/mol. The molecule has 104 valence electrons. The third-order valence-electron chi connectivity index (χ3n) is 4.24. The van der Waals surface area contributed by atoms with Gasteiger partial charge in [0.25, 0.3) is 0 Å². The van der Waals surface area contributed by atoms with Crippen LogP contribution in [0.25, 0.3) is 0 Å². The maximum atomic E-state index is 11.6. The molecular weight excluding hydrogens is 238 g/mol. The number of benzene rings is 1. The number of rotatable bonds is 4. The summed E-state index contributed by atoms with van der Waals surface area (Å²) >= 11 is 0. The first-order chi connectivity index (χ1) is 9.09. The number of carboxylic acids is 1. The van der Waals surface area contributed by atoms with Crippen molar-refractivity contribution in [2.24, 2.45) is 5.92 Å². The van der Waals surface area contributed by atoms with Crippen LogP contribution in [0.2, 0.25) is 0 Å². The molecule has 0 bridgehead atoms. The van der Waals surface area contributed by atoms with Crippen molar-refractivity contribution in [2.45, 2.75) is 51.6 Å². The van der Waals surface area contributed by atoms with Gasteiger partial charge in [-0.25, -0.2) is 0 Å². The van der Waals surface area contributed by atoms with Crippen LogP contribution in [-0.4, -0.2) is 17.1 Å². The lowest BCUT2D eigenvalue weighted by Crippen LogP contribution is -2.42. The summed E-state index contributed by atoms with van der Waals surface area (Å²) in [6, 6.07) is 7.46. The Hall–Kier alpha value is -1.35. The Labute approximate surface area is 115 Å². The monoisotopic (exact) mass is 261 g/mol. The fourth-order valence-electron chi connectivity index (χ4n) is 2.98. The van der Waals surface area contributed by atoms with Gasteiger partial charge in [-0.1, -0.05) is 44.0 Å². The van der Waals surface area contributed by atoms with E-state index in [1.54, 1.807) is 0 Å². The van der Waals surface area contributed by atoms with Crippen LogP contribution >= 0.6 is 0 Å². The second kappa shape index (κ2) is 6.20. The molecule has 1 aromatic rings. The lowest BCUT2D eigenvalue weighted by Gasteiger charge is -2.32. The summed E-state index contributed by atoms with van der Waals surface area (Å²) in [5.41, 5.74) is 1.92. The van der Waals surface area contributed by atoms with Crippen LogP contribution < -0.4 is 5.32 Å². The first-order valence-corrected chi connectivity index (χ1v) is 7.14. The summed E-state index contributed by atoms with van der Waals surface area (Å²) in [4.78, 5) is 11.6. The Kier molecular flexibility index (Phi) is 4.59. The lowest BCUT2D eigenvalue weighted by atomic mass is 9.85. The van der Waals surface area contributed by atoms with E-state index in [-0.39, 0.29) is 0 Å². The van der Waals surface area contributed by atoms with Crippen molar-refractivity contribution in [1.82, 2.24) is 5.32 Å². The van der Waals surface area contributed by atoms with E-state index in [9.17, 15) is 9.90 Å². The van der Waals surface area contributed by atoms with Gasteiger partial charge >= 0.3 is 5.97 Å². The molecule has 1 aromatic carbocycles. The Morgan fingerprint density at radius 2 is 2.00 bits per heavy atom. The second-order valence-electron chi connectivity index (χ2n) is 5.66. The first-order valence-electron chi connectivity index (χ1n) is 7.14. The number of carbonyl (C=O) groups is 1. The molecule has 3 unspecified atom stereocenters. The number of hydrogen-bond donors (Lipinski definition) is 2. The van der Waals surface area contributed by atoms with E-state index in [2.05, 4.69) is 12.2 Å². The molecule has 0 spiro atoms. The van der Waals surface area contributed by atoms with Crippen LogP contribution in [0.1, 0.15) is 49.8 Å². The predicted octanol–water partition coefficient (Wildman–Crippen LogP) is 3.29. The van der Waals surface area contributed by atoms with E-state index in [0.29, 0.717) is 12.0 Å². The summed E-state index contributed by atoms with van der Waals surface area (Å²) in [5.74, 6) is -0.230. The average Bonchev–Trinajstić information content (AvgIpc) is 2.38. The minimum Gasteiger partial charge on any atom is -0.480 e. The lowest BCUT2D eigenvalue weighted by molar-refractivity contribution is -0.140. The molecule has 1 aliphatic rings. The molecule has 1 saturated carbocycles. The van der Waals surface area contributed by atoms with Crippen LogP contribution in [0.5, 0.6) is 0 Å². The summed E-state index contributed by atoms with van der Waals surface area (Å²) in [7, 11) is 0. The minimum absolute atomic E-state index is 0.314. The minimum atomic E-state index is -0.785. The number of carboxylic acid groups (broad SMARTS) is 1. The fourth-order valence-corrected chi connectivity index (χ4v) is 2.98. The number of nitrogens with one attached hydrogen (secondary N) is 1. The van der Waals surface area contributed by atoms with Gasteiger partial charge < -0.3 is 5.11 Å². The van der Waals surface area contributed by atoms with Crippen LogP contribution in [0, 0.1) is 12.8 Å². The molecule has 3 nitrogen and oxygen atoms in total. The van der Waals surface area contributed by atoms with Crippen LogP contribution in [0.15, 0.2) is 24.3 Å². The van der Waals surface area contributed by atoms with Gasteiger partial charge in [-0.05, 0) is 36.8 Å². The van der Waals surface area contributed by atoms with Gasteiger partial charge in [-0.2, -0.15) is 0 Å². The van der Waals surface area contributed by atoms with Crippen LogP contribution in [0.4, 0.5) is 0 Å². The molecular formula is C16H23NO2. The number of hydrogen-bond acceptors (Lipinski definition) is 2. The van der Waals surface area contributed by atoms with E-state index in [1.807, 2.05) is 31.2 Å². The van der Waals surface area contributed by atoms with E-state index in [4.69, 9.17) is 0 Å². The van der Waals surface area contributed by atoms with Gasteiger partial charge in [0, 0.05) is 6.04 Å². The summed E-state index contributed by atoms with van der Waals surface area (Å²) in [6.45, 7) is 4.19. The largest absolute Gasteiger partial charge is 0.480 e. The third kappa shape index (κ3) is 3.35. The summed E-state index contributed by atoms with van der Waals surface area (Å²) < 4.78 is 0. The maximum Gasteiger partial charge on any atom is 0.325 e. The Morgan fingerprint density at radius 1 is 1.32 bits per heavy atom. The van der Waals surface area contributed by atoms with E-state index >= 15 is 0 Å². The zero-order valence-corrected chi connectivity index (χ0v) is 11.7. The highest BCUT2D eigenvalue weighted by atomic mass is 16.4. The van der Waals surface area contributed by atoms with Gasteiger partial charge in [-0.3, -0.25) is 10.1 Å². The zero-order valence-electron chi connectivity index (χ0n) is 11.7. The Morgan fingerprint density at radius 3 is 2.63 bits per heavy atom. The summed E-state index contributed by atoms with van der Waals surface area (Å²) in [5, 5.41) is 12.9. The van der Waals surface area contributed by atoms with E-state index < -0.39 is 12.0 Å². The van der Waals surface area contributed by atoms with Crippen molar-refractivity contribution < 1.29 is 9.90 Å². The summed E-state index contributed by atoms with van der Waals surface area (Å²) in [6.07, 6.45) is 4.73. The number of aliphatic carboxylic acids is 1. The van der Waals surface area contributed by atoms with Gasteiger partial charge in [0.05, 0.1) is 0 Å². The molecule has 0 saturated heterocycles. The van der Waals surface area contributed by atoms with Gasteiger partial charge in [0.2, 0.25) is 0 Å². The highest BCUT2D eigenvalue weighted by molar-refractivity contribution is 5.76. The van der Waals surface area contributed by atoms with Gasteiger partial charge in [0.1, 0.15) is 6.04 Å². The van der Waals surface area contributed by atoms with Crippen molar-refractivity contribution in [3.63, 3.8) is 0 Å². The molecule has 19 heavy (non-hydrogen) atoms. The van der Waals surface area contributed by atoms with Gasteiger partial charge in [0.15, 0.2) is 0 Å². The SMILES string of the molecule is Cc1ccccc1C(NC1CCCCC1C)C(=O)O. The van der Waals surface area contributed by atoms with Crippen molar-refractivity contribution in [3.8, 4) is 0 Å². The highest BCUT2D eigenvalue weighted by Crippen LogP contribution is 2.27. The molecule has 1 aliphatic carbocycles. The predicted molar refractivity (Wildman–Crippen MR) is 76.1 cm³/mol. The zero-order chi connectivity index (χ0) is 13.8. The van der Waals surface area contributed by atoms with Gasteiger partial charge in [-0.15, -0.1) is 0 Å². The standard InChI is InChI=1S/C16H23NO2/c1-11-7-3-5-9-13(11)15(16(18)19)17-14-10-6-4-8-12(14)2/h3,5,7,9,12,14-15,17H,4,6,8,10H2,1-2H3,(H,18,19). The maximum absolute atomic E-state index is 11.6. The van der Waals surface area contributed by atoms with E-state index in [0.717, 1.165) is 17.5 Å². The Balaban J connectivity index is 2.17. The Bertz CT molecular complexity index is 444. The molecule has 1 fully saturated rings. The molecule has 3 atom stereocenters. The molecule has 2 N–H and O–H groups in total. The second-order valence-corrected chi connectivity index (χ2v) is 5.66. The van der Waals surface area contributed by atoms with Crippen LogP contribution in [-0.2, 0) is 4.79 Å². The molecule has 0 aromatic heterocycles. The third-order valence-corrected chi connectivity index (χ3v) is 4.24. The van der Waals surface area contributed by atoms with Crippen molar-refractivity contribution in [3.05, 3.63) is 35.4 Å². The fraction of sp³-hybridized carbons (Fsp3) is 0.562. The molecule has 2 rings (SSSR count). The molecule has 3 heteroatoms.